The van der Waals surface area contributed by atoms with Gasteiger partial charge in [0.05, 0.1) is 28.8 Å². The smallest absolute Gasteiger partial charge is 0.184 e. The number of benzene rings is 4. The highest BCUT2D eigenvalue weighted by molar-refractivity contribution is 7.22. The van der Waals surface area contributed by atoms with Gasteiger partial charge in [-0.25, -0.2) is 14.4 Å². The van der Waals surface area contributed by atoms with Gasteiger partial charge in [0.2, 0.25) is 0 Å². The highest BCUT2D eigenvalue weighted by atomic mass is 32.1. The third-order valence-corrected chi connectivity index (χ3v) is 7.40. The van der Waals surface area contributed by atoms with Crippen LogP contribution in [0.1, 0.15) is 22.4 Å². The van der Waals surface area contributed by atoms with Gasteiger partial charge in [0.15, 0.2) is 5.13 Å². The quantitative estimate of drug-likeness (QED) is 0.243. The molecule has 0 fully saturated rings. The summed E-state index contributed by atoms with van der Waals surface area (Å²) in [5.41, 5.74) is 4.56. The van der Waals surface area contributed by atoms with Crippen molar-refractivity contribution in [3.8, 4) is 0 Å². The van der Waals surface area contributed by atoms with E-state index in [2.05, 4.69) is 92.6 Å². The Hall–Kier alpha value is -4.29. The van der Waals surface area contributed by atoms with Crippen LogP contribution < -0.4 is 5.32 Å². The molecule has 0 amide bonds. The lowest BCUT2D eigenvalue weighted by molar-refractivity contribution is 0.498. The maximum absolute atomic E-state index is 13.7. The largest absolute Gasteiger partial charge is 0.356 e. The summed E-state index contributed by atoms with van der Waals surface area (Å²) in [5, 5.41) is 4.19. The number of hydrogen-bond donors (Lipinski definition) is 1. The van der Waals surface area contributed by atoms with E-state index in [1.54, 1.807) is 6.07 Å². The summed E-state index contributed by atoms with van der Waals surface area (Å²) in [6.07, 6.45) is 3.79. The molecule has 6 rings (SSSR count). The lowest BCUT2D eigenvalue weighted by Crippen LogP contribution is -2.38. The molecule has 1 N–H and O–H groups in total. The molecule has 0 spiro atoms. The Labute approximate surface area is 212 Å². The van der Waals surface area contributed by atoms with Crippen molar-refractivity contribution in [1.82, 2.24) is 14.5 Å². The van der Waals surface area contributed by atoms with Crippen LogP contribution in [0, 0.1) is 5.82 Å². The van der Waals surface area contributed by atoms with Gasteiger partial charge in [0, 0.05) is 6.20 Å². The average molecular weight is 491 g/mol. The summed E-state index contributed by atoms with van der Waals surface area (Å²) in [7, 11) is 0. The van der Waals surface area contributed by atoms with E-state index in [1.807, 2.05) is 30.7 Å². The molecule has 4 aromatic carbocycles. The fourth-order valence-corrected chi connectivity index (χ4v) is 5.74. The van der Waals surface area contributed by atoms with Crippen molar-refractivity contribution >= 4 is 26.7 Å². The van der Waals surface area contributed by atoms with Crippen LogP contribution in [0.5, 0.6) is 0 Å². The predicted octanol–water partition coefficient (Wildman–Crippen LogP) is 7.08. The fourth-order valence-electron chi connectivity index (χ4n) is 4.85. The Morgan fingerprint density at radius 1 is 0.778 bits per heavy atom. The Morgan fingerprint density at radius 2 is 1.36 bits per heavy atom. The van der Waals surface area contributed by atoms with E-state index in [4.69, 9.17) is 0 Å². The van der Waals surface area contributed by atoms with Crippen molar-refractivity contribution in [2.75, 3.05) is 5.32 Å². The second-order valence-electron chi connectivity index (χ2n) is 8.55. The van der Waals surface area contributed by atoms with Crippen LogP contribution in [0.2, 0.25) is 0 Å². The van der Waals surface area contributed by atoms with Gasteiger partial charge in [0.1, 0.15) is 11.4 Å². The summed E-state index contributed by atoms with van der Waals surface area (Å²) in [6, 6.07) is 36.2. The molecule has 6 aromatic rings. The minimum atomic E-state index is -0.631. The lowest BCUT2D eigenvalue weighted by atomic mass is 9.76. The van der Waals surface area contributed by atoms with E-state index < -0.39 is 5.54 Å². The van der Waals surface area contributed by atoms with Crippen LogP contribution in [0.3, 0.4) is 0 Å². The van der Waals surface area contributed by atoms with Crippen LogP contribution in [-0.4, -0.2) is 14.5 Å². The van der Waals surface area contributed by atoms with E-state index in [-0.39, 0.29) is 5.82 Å². The molecule has 36 heavy (non-hydrogen) atoms. The molecule has 2 heterocycles. The fraction of sp³-hybridized carbons (Fsp3) is 0.0667. The summed E-state index contributed by atoms with van der Waals surface area (Å²) in [6.45, 7) is 0.510. The molecule has 0 bridgehead atoms. The number of nitrogens with one attached hydrogen (secondary N) is 1. The molecule has 6 heteroatoms. The van der Waals surface area contributed by atoms with Crippen LogP contribution in [0.25, 0.3) is 10.2 Å². The van der Waals surface area contributed by atoms with E-state index in [1.165, 1.54) is 23.5 Å². The topological polar surface area (TPSA) is 42.7 Å². The number of anilines is 1. The Balaban J connectivity index is 1.49. The third-order valence-electron chi connectivity index (χ3n) is 6.42. The molecular formula is C30H23FN4S. The molecule has 0 saturated carbocycles. The third kappa shape index (κ3) is 3.85. The van der Waals surface area contributed by atoms with Crippen molar-refractivity contribution in [3.05, 3.63) is 150 Å². The molecule has 4 nitrogen and oxygen atoms in total. The van der Waals surface area contributed by atoms with Crippen LogP contribution in [0.15, 0.2) is 122 Å². The van der Waals surface area contributed by atoms with E-state index >= 15 is 0 Å². The van der Waals surface area contributed by atoms with Crippen molar-refractivity contribution in [2.24, 2.45) is 0 Å². The van der Waals surface area contributed by atoms with Gasteiger partial charge in [0.25, 0.3) is 0 Å². The number of hydrogen-bond acceptors (Lipinski definition) is 4. The minimum Gasteiger partial charge on any atom is -0.356 e. The normalized spacial score (nSPS) is 11.6. The zero-order valence-corrected chi connectivity index (χ0v) is 20.2. The zero-order valence-electron chi connectivity index (χ0n) is 19.4. The van der Waals surface area contributed by atoms with Gasteiger partial charge in [-0.1, -0.05) is 102 Å². The summed E-state index contributed by atoms with van der Waals surface area (Å²) in [4.78, 5) is 9.22. The van der Waals surface area contributed by atoms with Crippen LogP contribution in [0.4, 0.5) is 9.52 Å². The second-order valence-corrected chi connectivity index (χ2v) is 9.58. The molecule has 0 atom stereocenters. The summed E-state index contributed by atoms with van der Waals surface area (Å²) < 4.78 is 16.7. The van der Waals surface area contributed by atoms with Gasteiger partial charge in [-0.15, -0.1) is 0 Å². The standard InChI is InChI=1S/C30H23FN4S/c31-25-16-17-27-28(18-25)36-29(34-27)33-20-26-19-32-21-35(26)30(22-10-4-1-5-11-22,23-12-6-2-7-13-23)24-14-8-3-9-15-24/h1-19,21H,20H2,(H,33,34). The first-order valence-corrected chi connectivity index (χ1v) is 12.5. The number of halogens is 1. The van der Waals surface area contributed by atoms with Crippen molar-refractivity contribution < 1.29 is 4.39 Å². The number of nitrogens with zero attached hydrogens (tertiary/aromatic N) is 3. The maximum atomic E-state index is 13.7. The first kappa shape index (κ1) is 22.2. The van der Waals surface area contributed by atoms with E-state index in [0.29, 0.717) is 6.54 Å². The number of fused-ring (bicyclic) bond motifs is 1. The lowest BCUT2D eigenvalue weighted by Gasteiger charge is -2.38. The summed E-state index contributed by atoms with van der Waals surface area (Å²) in [5.74, 6) is -0.255. The SMILES string of the molecule is Fc1ccc2nc(NCc3cncn3C(c3ccccc3)(c3ccccc3)c3ccccc3)sc2c1. The van der Waals surface area contributed by atoms with Crippen LogP contribution in [-0.2, 0) is 12.1 Å². The molecule has 0 aliphatic carbocycles. The Kier molecular flexibility index (Phi) is 5.79. The number of thiazole rings is 1. The van der Waals surface area contributed by atoms with Crippen molar-refractivity contribution in [3.63, 3.8) is 0 Å². The molecule has 0 saturated heterocycles. The monoisotopic (exact) mass is 490 g/mol. The van der Waals surface area contributed by atoms with Gasteiger partial charge >= 0.3 is 0 Å². The predicted molar refractivity (Wildman–Crippen MR) is 144 cm³/mol. The molecule has 0 radical (unpaired) electrons. The van der Waals surface area contributed by atoms with E-state index in [9.17, 15) is 4.39 Å². The summed E-state index contributed by atoms with van der Waals surface area (Å²) >= 11 is 1.44. The van der Waals surface area contributed by atoms with Crippen LogP contribution >= 0.6 is 11.3 Å². The molecule has 176 valence electrons. The van der Waals surface area contributed by atoms with Crippen molar-refractivity contribution in [2.45, 2.75) is 12.1 Å². The van der Waals surface area contributed by atoms with Gasteiger partial charge in [-0.2, -0.15) is 0 Å². The first-order valence-electron chi connectivity index (χ1n) is 11.7. The molecular weight excluding hydrogens is 467 g/mol. The maximum Gasteiger partial charge on any atom is 0.184 e. The number of aromatic nitrogens is 3. The zero-order chi connectivity index (χ0) is 24.4. The molecule has 0 unspecified atom stereocenters. The Morgan fingerprint density at radius 3 is 1.94 bits per heavy atom. The highest BCUT2D eigenvalue weighted by Crippen LogP contribution is 2.41. The van der Waals surface area contributed by atoms with Gasteiger partial charge in [-0.05, 0) is 34.9 Å². The second kappa shape index (κ2) is 9.40. The number of imidazole rings is 1. The molecule has 2 aromatic heterocycles. The number of rotatable bonds is 7. The Bertz CT molecular complexity index is 1500. The average Bonchev–Trinajstić information content (AvgIpc) is 3.56. The van der Waals surface area contributed by atoms with Gasteiger partial charge < -0.3 is 9.88 Å². The minimum absolute atomic E-state index is 0.255. The van der Waals surface area contributed by atoms with Crippen molar-refractivity contribution in [1.29, 1.82) is 0 Å². The van der Waals surface area contributed by atoms with Gasteiger partial charge in [-0.3, -0.25) is 0 Å². The highest BCUT2D eigenvalue weighted by Gasteiger charge is 2.39. The van der Waals surface area contributed by atoms with E-state index in [0.717, 1.165) is 37.7 Å². The molecule has 0 aliphatic heterocycles. The molecule has 0 aliphatic rings. The first-order chi connectivity index (χ1) is 17.7.